The fourth-order valence-electron chi connectivity index (χ4n) is 5.50. The number of methoxy groups -OCH3 is 1. The van der Waals surface area contributed by atoms with E-state index in [1.54, 1.807) is 4.90 Å². The van der Waals surface area contributed by atoms with Crippen LogP contribution in [-0.2, 0) is 14.3 Å². The molecule has 4 rings (SSSR count). The van der Waals surface area contributed by atoms with Gasteiger partial charge < -0.3 is 14.4 Å². The minimum Gasteiger partial charge on any atom is -0.438 e. The van der Waals surface area contributed by atoms with Gasteiger partial charge in [0.1, 0.15) is 18.2 Å². The topological polar surface area (TPSA) is 59.1 Å². The standard InChI is InChI=1S/C29H33ClF2N2O4/c1-37-29(36)38-19-27(33-12-8-22(9-13-33)21-3-5-24(30)6-4-21)23-10-14-34(15-11-23)28(35)7-2-20-16-25(31)18-26(32)17-20/h2-7,16-18,22-23,27H,8-15,19H2,1H3. The molecule has 0 aliphatic carbocycles. The van der Waals surface area contributed by atoms with Gasteiger partial charge in [-0.2, -0.15) is 0 Å². The van der Waals surface area contributed by atoms with Crippen molar-refractivity contribution in [2.75, 3.05) is 39.9 Å². The van der Waals surface area contributed by atoms with E-state index >= 15 is 0 Å². The molecule has 2 saturated heterocycles. The summed E-state index contributed by atoms with van der Waals surface area (Å²) in [6.07, 6.45) is 5.61. The van der Waals surface area contributed by atoms with Crippen LogP contribution in [0.1, 0.15) is 42.7 Å². The number of hydrogen-bond acceptors (Lipinski definition) is 5. The van der Waals surface area contributed by atoms with Crippen molar-refractivity contribution in [1.29, 1.82) is 0 Å². The third kappa shape index (κ3) is 7.54. The van der Waals surface area contributed by atoms with Gasteiger partial charge in [0.05, 0.1) is 7.11 Å². The van der Waals surface area contributed by atoms with Crippen LogP contribution in [0.15, 0.2) is 48.5 Å². The first-order valence-electron chi connectivity index (χ1n) is 13.0. The van der Waals surface area contributed by atoms with Gasteiger partial charge in [0.25, 0.3) is 0 Å². The molecule has 0 N–H and O–H groups in total. The molecule has 0 spiro atoms. The van der Waals surface area contributed by atoms with Crippen molar-refractivity contribution in [3.8, 4) is 0 Å². The SMILES string of the molecule is COC(=O)OCC(C1CCN(C(=O)C=Cc2cc(F)cc(F)c2)CC1)N1CCC(c2ccc(Cl)cc2)CC1. The van der Waals surface area contributed by atoms with E-state index in [0.29, 0.717) is 24.6 Å². The number of likely N-dealkylation sites (tertiary alicyclic amines) is 2. The lowest BCUT2D eigenvalue weighted by atomic mass is 9.85. The van der Waals surface area contributed by atoms with E-state index in [0.717, 1.165) is 49.9 Å². The van der Waals surface area contributed by atoms with Gasteiger partial charge in [-0.3, -0.25) is 9.69 Å². The van der Waals surface area contributed by atoms with Crippen LogP contribution in [0.5, 0.6) is 0 Å². The van der Waals surface area contributed by atoms with Crippen LogP contribution in [0.3, 0.4) is 0 Å². The van der Waals surface area contributed by atoms with Gasteiger partial charge >= 0.3 is 6.16 Å². The monoisotopic (exact) mass is 546 g/mol. The van der Waals surface area contributed by atoms with Crippen LogP contribution in [-0.4, -0.2) is 67.8 Å². The highest BCUT2D eigenvalue weighted by molar-refractivity contribution is 6.30. The lowest BCUT2D eigenvalue weighted by molar-refractivity contribution is -0.127. The highest BCUT2D eigenvalue weighted by Gasteiger charge is 2.35. The Hall–Kier alpha value is -2.97. The largest absolute Gasteiger partial charge is 0.508 e. The molecule has 1 atom stereocenters. The molecule has 1 unspecified atom stereocenters. The Morgan fingerprint density at radius 3 is 2.24 bits per heavy atom. The first-order chi connectivity index (χ1) is 18.3. The van der Waals surface area contributed by atoms with E-state index in [9.17, 15) is 18.4 Å². The number of benzene rings is 2. The van der Waals surface area contributed by atoms with Gasteiger partial charge in [0.15, 0.2) is 0 Å². The van der Waals surface area contributed by atoms with Gasteiger partial charge in [0.2, 0.25) is 5.91 Å². The number of rotatable bonds is 7. The van der Waals surface area contributed by atoms with Crippen LogP contribution in [0, 0.1) is 17.6 Å². The Morgan fingerprint density at radius 1 is 1.00 bits per heavy atom. The average molecular weight is 547 g/mol. The number of piperidine rings is 2. The Labute approximate surface area is 227 Å². The van der Waals surface area contributed by atoms with Crippen LogP contribution < -0.4 is 0 Å². The fourth-order valence-corrected chi connectivity index (χ4v) is 5.63. The minimum absolute atomic E-state index is 0.0309. The van der Waals surface area contributed by atoms with Gasteiger partial charge in [-0.1, -0.05) is 23.7 Å². The maximum absolute atomic E-state index is 13.4. The minimum atomic E-state index is -0.697. The summed E-state index contributed by atoms with van der Waals surface area (Å²) in [6, 6.07) is 11.2. The van der Waals surface area contributed by atoms with Crippen LogP contribution >= 0.6 is 11.6 Å². The molecule has 1 amide bonds. The summed E-state index contributed by atoms with van der Waals surface area (Å²) >= 11 is 6.04. The molecule has 0 aromatic heterocycles. The Kier molecular flexibility index (Phi) is 9.74. The zero-order chi connectivity index (χ0) is 27.1. The van der Waals surface area contributed by atoms with E-state index in [4.69, 9.17) is 16.3 Å². The normalized spacial score (nSPS) is 18.5. The quantitative estimate of drug-likeness (QED) is 0.319. The molecule has 2 aliphatic rings. The smallest absolute Gasteiger partial charge is 0.438 e. The zero-order valence-corrected chi connectivity index (χ0v) is 22.2. The van der Waals surface area contributed by atoms with Gasteiger partial charge in [-0.15, -0.1) is 0 Å². The number of carbonyl (C=O) groups is 2. The van der Waals surface area contributed by atoms with Gasteiger partial charge in [0, 0.05) is 36.3 Å². The Balaban J connectivity index is 1.34. The highest BCUT2D eigenvalue weighted by atomic mass is 35.5. The number of halogens is 3. The lowest BCUT2D eigenvalue weighted by Crippen LogP contribution is -2.51. The molecular weight excluding hydrogens is 514 g/mol. The van der Waals surface area contributed by atoms with E-state index in [1.807, 2.05) is 12.1 Å². The number of nitrogens with zero attached hydrogens (tertiary/aromatic N) is 2. The second-order valence-corrected chi connectivity index (χ2v) is 10.3. The maximum atomic E-state index is 13.4. The number of hydrogen-bond donors (Lipinski definition) is 0. The average Bonchev–Trinajstić information content (AvgIpc) is 2.92. The highest BCUT2D eigenvalue weighted by Crippen LogP contribution is 2.33. The van der Waals surface area contributed by atoms with Crippen molar-refractivity contribution < 1.29 is 27.8 Å². The summed E-state index contributed by atoms with van der Waals surface area (Å²) in [5.74, 6) is -0.856. The van der Waals surface area contributed by atoms with Crippen molar-refractivity contribution in [3.63, 3.8) is 0 Å². The molecule has 0 saturated carbocycles. The van der Waals surface area contributed by atoms with Crippen molar-refractivity contribution in [2.24, 2.45) is 5.92 Å². The summed E-state index contributed by atoms with van der Waals surface area (Å²) in [5.41, 5.74) is 1.59. The summed E-state index contributed by atoms with van der Waals surface area (Å²) in [5, 5.41) is 0.731. The third-order valence-corrected chi connectivity index (χ3v) is 7.83. The summed E-state index contributed by atoms with van der Waals surface area (Å²) in [6.45, 7) is 3.12. The van der Waals surface area contributed by atoms with Crippen LogP contribution in [0.4, 0.5) is 13.6 Å². The predicted octanol–water partition coefficient (Wildman–Crippen LogP) is 5.90. The molecule has 0 bridgehead atoms. The molecule has 2 heterocycles. The molecule has 204 valence electrons. The first kappa shape index (κ1) is 28.0. The molecule has 2 aromatic carbocycles. The van der Waals surface area contributed by atoms with Gasteiger partial charge in [-0.05, 0) is 92.1 Å². The molecule has 38 heavy (non-hydrogen) atoms. The summed E-state index contributed by atoms with van der Waals surface area (Å²) in [7, 11) is 1.30. The van der Waals surface area contributed by atoms with E-state index in [1.165, 1.54) is 37.0 Å². The number of carbonyl (C=O) groups excluding carboxylic acids is 2. The maximum Gasteiger partial charge on any atom is 0.508 e. The first-order valence-corrected chi connectivity index (χ1v) is 13.3. The Morgan fingerprint density at radius 2 is 1.63 bits per heavy atom. The number of amides is 1. The second-order valence-electron chi connectivity index (χ2n) is 9.89. The van der Waals surface area contributed by atoms with Crippen molar-refractivity contribution in [1.82, 2.24) is 9.80 Å². The molecule has 2 aliphatic heterocycles. The molecule has 0 radical (unpaired) electrons. The second kappa shape index (κ2) is 13.2. The molecular formula is C29H33ClF2N2O4. The fraction of sp³-hybridized carbons (Fsp3) is 0.448. The predicted molar refractivity (Wildman–Crippen MR) is 142 cm³/mol. The van der Waals surface area contributed by atoms with E-state index in [2.05, 4.69) is 21.8 Å². The van der Waals surface area contributed by atoms with Crippen LogP contribution in [0.25, 0.3) is 6.08 Å². The third-order valence-electron chi connectivity index (χ3n) is 7.58. The van der Waals surface area contributed by atoms with E-state index < -0.39 is 17.8 Å². The zero-order valence-electron chi connectivity index (χ0n) is 21.5. The number of ether oxygens (including phenoxy) is 2. The Bertz CT molecular complexity index is 1110. The van der Waals surface area contributed by atoms with Gasteiger partial charge in [-0.25, -0.2) is 13.6 Å². The summed E-state index contributed by atoms with van der Waals surface area (Å²) < 4.78 is 36.9. The molecule has 2 aromatic rings. The van der Waals surface area contributed by atoms with Crippen molar-refractivity contribution in [2.45, 2.75) is 37.6 Å². The van der Waals surface area contributed by atoms with Crippen LogP contribution in [0.2, 0.25) is 5.02 Å². The van der Waals surface area contributed by atoms with E-state index in [-0.39, 0.29) is 24.5 Å². The van der Waals surface area contributed by atoms with Crippen molar-refractivity contribution >= 4 is 29.7 Å². The van der Waals surface area contributed by atoms with Crippen molar-refractivity contribution in [3.05, 3.63) is 76.3 Å². The molecule has 2 fully saturated rings. The summed E-state index contributed by atoms with van der Waals surface area (Å²) in [4.78, 5) is 28.6. The lowest BCUT2D eigenvalue weighted by Gasteiger charge is -2.43. The molecule has 9 heteroatoms. The molecule has 6 nitrogen and oxygen atoms in total.